The lowest BCUT2D eigenvalue weighted by Crippen LogP contribution is -2.10. The van der Waals surface area contributed by atoms with Crippen molar-refractivity contribution in [3.8, 4) is 11.6 Å². The zero-order valence-corrected chi connectivity index (χ0v) is 11.9. The van der Waals surface area contributed by atoms with Gasteiger partial charge in [0, 0.05) is 12.1 Å². The summed E-state index contributed by atoms with van der Waals surface area (Å²) in [6, 6.07) is 5.97. The number of anilines is 1. The molecule has 3 N–H and O–H groups in total. The van der Waals surface area contributed by atoms with Crippen LogP contribution in [-0.4, -0.2) is 14.9 Å². The molecule has 1 aromatic heterocycles. The minimum atomic E-state index is -0.532. The highest BCUT2D eigenvalue weighted by molar-refractivity contribution is 9.10. The fourth-order valence-corrected chi connectivity index (χ4v) is 1.95. The van der Waals surface area contributed by atoms with E-state index >= 15 is 0 Å². The third-order valence-electron chi connectivity index (χ3n) is 2.31. The summed E-state index contributed by atoms with van der Waals surface area (Å²) in [5.74, 6) is 6.27. The summed E-state index contributed by atoms with van der Waals surface area (Å²) >= 11 is 3.21. The average Bonchev–Trinajstić information content (AvgIpc) is 2.40. The molecule has 20 heavy (non-hydrogen) atoms. The molecule has 104 valence electrons. The van der Waals surface area contributed by atoms with Crippen LogP contribution in [0.2, 0.25) is 0 Å². The maximum atomic E-state index is 11.0. The van der Waals surface area contributed by atoms with Crippen molar-refractivity contribution in [2.75, 3.05) is 5.43 Å². The number of nitrogens with two attached hydrogens (primary N) is 1. The van der Waals surface area contributed by atoms with Crippen molar-refractivity contribution >= 4 is 27.4 Å². The van der Waals surface area contributed by atoms with E-state index in [1.54, 1.807) is 19.1 Å². The Balaban J connectivity index is 2.44. The summed E-state index contributed by atoms with van der Waals surface area (Å²) in [5, 5.41) is 11.0. The van der Waals surface area contributed by atoms with Gasteiger partial charge in [0.1, 0.15) is 11.6 Å². The fourth-order valence-electron chi connectivity index (χ4n) is 1.51. The highest BCUT2D eigenvalue weighted by Gasteiger charge is 2.19. The smallest absolute Gasteiger partial charge is 0.312 e. The highest BCUT2D eigenvalue weighted by atomic mass is 79.9. The van der Waals surface area contributed by atoms with Crippen molar-refractivity contribution in [1.82, 2.24) is 9.97 Å². The van der Waals surface area contributed by atoms with Gasteiger partial charge in [0.15, 0.2) is 0 Å². The van der Waals surface area contributed by atoms with E-state index in [9.17, 15) is 10.1 Å². The predicted octanol–water partition coefficient (Wildman–Crippen LogP) is 2.53. The van der Waals surface area contributed by atoms with Gasteiger partial charge in [-0.2, -0.15) is 4.98 Å². The number of rotatable bonds is 4. The summed E-state index contributed by atoms with van der Waals surface area (Å²) < 4.78 is 5.94. The minimum absolute atomic E-state index is 0.0681. The number of nitrogens with zero attached hydrogens (tertiary/aromatic N) is 3. The van der Waals surface area contributed by atoms with Gasteiger partial charge in [-0.3, -0.25) is 10.1 Å². The first-order valence-corrected chi connectivity index (χ1v) is 6.23. The zero-order chi connectivity index (χ0) is 14.7. The van der Waals surface area contributed by atoms with Crippen molar-refractivity contribution in [1.29, 1.82) is 0 Å². The molecule has 2 aromatic rings. The molecular formula is C11H10BrN5O3. The van der Waals surface area contributed by atoms with Gasteiger partial charge in [0.25, 0.3) is 0 Å². The summed E-state index contributed by atoms with van der Waals surface area (Å²) in [6.45, 7) is 1.65. The fraction of sp³-hybridized carbons (Fsp3) is 0.0909. The molecule has 0 fully saturated rings. The Labute approximate surface area is 122 Å². The van der Waals surface area contributed by atoms with Crippen molar-refractivity contribution in [2.24, 2.45) is 5.84 Å². The first kappa shape index (κ1) is 14.2. The largest absolute Gasteiger partial charge is 0.430 e. The third kappa shape index (κ3) is 3.00. The molecule has 0 aliphatic carbocycles. The molecule has 0 spiro atoms. The summed E-state index contributed by atoms with van der Waals surface area (Å²) in [4.78, 5) is 18.5. The number of hydrogen-bond acceptors (Lipinski definition) is 7. The molecule has 0 aliphatic rings. The number of nitrogen functional groups attached to an aromatic ring is 1. The number of hydrazine groups is 1. The maximum absolute atomic E-state index is 11.0. The summed E-state index contributed by atoms with van der Waals surface area (Å²) in [6.07, 6.45) is 0. The van der Waals surface area contributed by atoms with Crippen molar-refractivity contribution < 1.29 is 9.66 Å². The molecule has 2 rings (SSSR count). The molecule has 0 amide bonds. The quantitative estimate of drug-likeness (QED) is 0.499. The molecule has 1 heterocycles. The van der Waals surface area contributed by atoms with Crippen molar-refractivity contribution in [3.05, 3.63) is 44.7 Å². The number of para-hydroxylation sites is 1. The van der Waals surface area contributed by atoms with Crippen LogP contribution in [0.4, 0.5) is 11.5 Å². The molecule has 0 saturated heterocycles. The van der Waals surface area contributed by atoms with Crippen LogP contribution in [0.5, 0.6) is 11.6 Å². The summed E-state index contributed by atoms with van der Waals surface area (Å²) in [7, 11) is 0. The molecule has 8 nitrogen and oxygen atoms in total. The lowest BCUT2D eigenvalue weighted by atomic mass is 10.3. The number of ether oxygens (including phenoxy) is 1. The molecule has 1 aromatic carbocycles. The van der Waals surface area contributed by atoms with E-state index in [1.165, 1.54) is 12.1 Å². The Hall–Kier alpha value is -2.26. The predicted molar refractivity (Wildman–Crippen MR) is 75.4 cm³/mol. The van der Waals surface area contributed by atoms with Crippen LogP contribution >= 0.6 is 15.9 Å². The number of nitro benzene ring substituents is 1. The van der Waals surface area contributed by atoms with Crippen LogP contribution in [0, 0.1) is 17.0 Å². The Morgan fingerprint density at radius 2 is 2.20 bits per heavy atom. The first-order chi connectivity index (χ1) is 9.51. The Bertz CT molecular complexity index is 665. The van der Waals surface area contributed by atoms with Crippen LogP contribution in [0.25, 0.3) is 0 Å². The van der Waals surface area contributed by atoms with E-state index < -0.39 is 4.92 Å². The molecule has 9 heteroatoms. The standard InChI is InChI=1S/C11H10BrN5O3/c1-6-14-9(16-13)5-10(15-6)20-11-7(12)3-2-4-8(11)17(18)19/h2-5H,13H2,1H3,(H,14,15,16). The van der Waals surface area contributed by atoms with Crippen molar-refractivity contribution in [2.45, 2.75) is 6.92 Å². The number of hydrogen-bond donors (Lipinski definition) is 2. The number of halogens is 1. The van der Waals surface area contributed by atoms with Gasteiger partial charge in [-0.15, -0.1) is 0 Å². The lowest BCUT2D eigenvalue weighted by Gasteiger charge is -2.09. The number of nitrogens with one attached hydrogen (secondary N) is 1. The molecule has 0 aliphatic heterocycles. The molecule has 0 atom stereocenters. The molecule has 0 bridgehead atoms. The second-order valence-corrected chi connectivity index (χ2v) is 4.58. The number of benzene rings is 1. The topological polar surface area (TPSA) is 116 Å². The molecule has 0 unspecified atom stereocenters. The van der Waals surface area contributed by atoms with Gasteiger partial charge in [0.05, 0.1) is 9.40 Å². The van der Waals surface area contributed by atoms with Crippen LogP contribution in [0.1, 0.15) is 5.82 Å². The van der Waals surface area contributed by atoms with Crippen LogP contribution < -0.4 is 16.0 Å². The van der Waals surface area contributed by atoms with Crippen LogP contribution in [-0.2, 0) is 0 Å². The molecular weight excluding hydrogens is 330 g/mol. The van der Waals surface area contributed by atoms with Crippen LogP contribution in [0.3, 0.4) is 0 Å². The Morgan fingerprint density at radius 3 is 2.85 bits per heavy atom. The third-order valence-corrected chi connectivity index (χ3v) is 2.94. The van der Waals surface area contributed by atoms with E-state index in [-0.39, 0.29) is 17.3 Å². The van der Waals surface area contributed by atoms with Crippen LogP contribution in [0.15, 0.2) is 28.7 Å². The maximum Gasteiger partial charge on any atom is 0.312 e. The number of nitro groups is 1. The van der Waals surface area contributed by atoms with Gasteiger partial charge in [0.2, 0.25) is 11.6 Å². The second kappa shape index (κ2) is 5.80. The van der Waals surface area contributed by atoms with E-state index in [1.807, 2.05) is 0 Å². The highest BCUT2D eigenvalue weighted by Crippen LogP contribution is 2.37. The number of aromatic nitrogens is 2. The van der Waals surface area contributed by atoms with Gasteiger partial charge in [-0.05, 0) is 28.9 Å². The first-order valence-electron chi connectivity index (χ1n) is 5.44. The zero-order valence-electron chi connectivity index (χ0n) is 10.3. The molecule has 0 saturated carbocycles. The number of aryl methyl sites for hydroxylation is 1. The molecule has 0 radical (unpaired) electrons. The monoisotopic (exact) mass is 339 g/mol. The second-order valence-electron chi connectivity index (χ2n) is 3.73. The normalized spacial score (nSPS) is 10.2. The van der Waals surface area contributed by atoms with Gasteiger partial charge >= 0.3 is 5.69 Å². The van der Waals surface area contributed by atoms with E-state index in [0.29, 0.717) is 16.1 Å². The van der Waals surface area contributed by atoms with Gasteiger partial charge in [-0.1, -0.05) is 6.07 Å². The van der Waals surface area contributed by atoms with Gasteiger partial charge < -0.3 is 10.2 Å². The minimum Gasteiger partial charge on any atom is -0.430 e. The van der Waals surface area contributed by atoms with Gasteiger partial charge in [-0.25, -0.2) is 10.8 Å². The van der Waals surface area contributed by atoms with E-state index in [2.05, 4.69) is 31.3 Å². The van der Waals surface area contributed by atoms with E-state index in [4.69, 9.17) is 10.6 Å². The average molecular weight is 340 g/mol. The SMILES string of the molecule is Cc1nc(NN)cc(Oc2c(Br)cccc2[N+](=O)[O-])n1. The summed E-state index contributed by atoms with van der Waals surface area (Å²) in [5.41, 5.74) is 2.20. The van der Waals surface area contributed by atoms with Crippen molar-refractivity contribution in [3.63, 3.8) is 0 Å². The lowest BCUT2D eigenvalue weighted by molar-refractivity contribution is -0.385. The van der Waals surface area contributed by atoms with E-state index in [0.717, 1.165) is 0 Å². The Morgan fingerprint density at radius 1 is 1.45 bits per heavy atom. The Kier molecular flexibility index (Phi) is 4.11.